The summed E-state index contributed by atoms with van der Waals surface area (Å²) in [6.07, 6.45) is 0. The Bertz CT molecular complexity index is 374. The van der Waals surface area contributed by atoms with Crippen molar-refractivity contribution in [2.75, 3.05) is 0 Å². The van der Waals surface area contributed by atoms with Crippen molar-refractivity contribution in [3.05, 3.63) is 35.1 Å². The zero-order chi connectivity index (χ0) is 10.0. The van der Waals surface area contributed by atoms with Gasteiger partial charge in [0.15, 0.2) is 0 Å². The number of halogens is 1. The molecule has 0 bridgehead atoms. The normalized spacial score (nSPS) is 9.69. The lowest BCUT2D eigenvalue weighted by Crippen LogP contribution is -2.23. The van der Waals surface area contributed by atoms with Crippen molar-refractivity contribution in [3.8, 4) is 0 Å². The van der Waals surface area contributed by atoms with Crippen LogP contribution in [0.15, 0.2) is 18.2 Å². The van der Waals surface area contributed by atoms with Crippen molar-refractivity contribution < 1.29 is 14.0 Å². The van der Waals surface area contributed by atoms with Gasteiger partial charge in [0.1, 0.15) is 5.82 Å². The van der Waals surface area contributed by atoms with Crippen LogP contribution in [0.4, 0.5) is 4.39 Å². The van der Waals surface area contributed by atoms with Gasteiger partial charge in [-0.3, -0.25) is 9.59 Å². The van der Waals surface area contributed by atoms with E-state index in [9.17, 15) is 14.0 Å². The van der Waals surface area contributed by atoms with Crippen LogP contribution in [-0.4, -0.2) is 11.7 Å². The molecule has 0 radical (unpaired) electrons. The lowest BCUT2D eigenvalue weighted by atomic mass is 10.1. The van der Waals surface area contributed by atoms with Gasteiger partial charge in [0, 0.05) is 5.56 Å². The van der Waals surface area contributed by atoms with Crippen LogP contribution in [0.1, 0.15) is 15.9 Å². The molecule has 0 saturated heterocycles. The zero-order valence-corrected chi connectivity index (χ0v) is 7.00. The highest BCUT2D eigenvalue weighted by Gasteiger charge is 2.12. The number of ketones is 1. The number of hydrogen-bond acceptors (Lipinski definition) is 2. The summed E-state index contributed by atoms with van der Waals surface area (Å²) >= 11 is 0. The number of rotatable bonds is 2. The number of carbonyl (C=O) groups excluding carboxylic acids is 2. The molecule has 3 nitrogen and oxygen atoms in total. The third-order valence-electron chi connectivity index (χ3n) is 1.64. The van der Waals surface area contributed by atoms with E-state index in [2.05, 4.69) is 0 Å². The van der Waals surface area contributed by atoms with Crippen molar-refractivity contribution in [2.24, 2.45) is 5.73 Å². The summed E-state index contributed by atoms with van der Waals surface area (Å²) in [5, 5.41) is 0. The van der Waals surface area contributed by atoms with Crippen molar-refractivity contribution in [1.29, 1.82) is 0 Å². The summed E-state index contributed by atoms with van der Waals surface area (Å²) in [6.45, 7) is 1.51. The molecular formula is C9H8FNO2. The van der Waals surface area contributed by atoms with Gasteiger partial charge in [-0.05, 0) is 30.7 Å². The molecule has 0 aromatic heterocycles. The molecule has 13 heavy (non-hydrogen) atoms. The van der Waals surface area contributed by atoms with Gasteiger partial charge in [-0.15, -0.1) is 0 Å². The topological polar surface area (TPSA) is 60.2 Å². The zero-order valence-electron chi connectivity index (χ0n) is 7.00. The Morgan fingerprint density at radius 2 is 2.00 bits per heavy atom. The van der Waals surface area contributed by atoms with Gasteiger partial charge in [-0.1, -0.05) is 0 Å². The summed E-state index contributed by atoms with van der Waals surface area (Å²) in [4.78, 5) is 21.5. The Labute approximate surface area is 74.4 Å². The summed E-state index contributed by atoms with van der Waals surface area (Å²) in [5.41, 5.74) is 5.20. The summed E-state index contributed by atoms with van der Waals surface area (Å²) in [5.74, 6) is -2.25. The van der Waals surface area contributed by atoms with E-state index in [-0.39, 0.29) is 5.56 Å². The van der Waals surface area contributed by atoms with Crippen LogP contribution in [0.3, 0.4) is 0 Å². The van der Waals surface area contributed by atoms with E-state index >= 15 is 0 Å². The van der Waals surface area contributed by atoms with Gasteiger partial charge in [0.25, 0.3) is 5.91 Å². The maximum atomic E-state index is 12.7. The molecule has 4 heteroatoms. The van der Waals surface area contributed by atoms with E-state index < -0.39 is 17.5 Å². The molecule has 1 aromatic rings. The van der Waals surface area contributed by atoms with E-state index in [1.807, 2.05) is 0 Å². The first-order valence-corrected chi connectivity index (χ1v) is 3.62. The van der Waals surface area contributed by atoms with Crippen LogP contribution >= 0.6 is 0 Å². The van der Waals surface area contributed by atoms with Crippen LogP contribution in [-0.2, 0) is 4.79 Å². The van der Waals surface area contributed by atoms with Crippen molar-refractivity contribution in [3.63, 3.8) is 0 Å². The Morgan fingerprint density at radius 3 is 2.46 bits per heavy atom. The predicted octanol–water partition coefficient (Wildman–Crippen LogP) is 0.802. The first kappa shape index (κ1) is 9.38. The number of primary amides is 1. The van der Waals surface area contributed by atoms with Crippen molar-refractivity contribution >= 4 is 11.7 Å². The van der Waals surface area contributed by atoms with E-state index in [1.165, 1.54) is 19.1 Å². The number of benzene rings is 1. The second-order valence-electron chi connectivity index (χ2n) is 2.66. The third-order valence-corrected chi connectivity index (χ3v) is 1.64. The molecule has 1 aromatic carbocycles. The number of carbonyl (C=O) groups is 2. The highest BCUT2D eigenvalue weighted by atomic mass is 19.1. The molecule has 0 fully saturated rings. The highest BCUT2D eigenvalue weighted by Crippen LogP contribution is 2.09. The predicted molar refractivity (Wildman–Crippen MR) is 44.7 cm³/mol. The van der Waals surface area contributed by atoms with Gasteiger partial charge < -0.3 is 5.73 Å². The second kappa shape index (κ2) is 3.35. The number of aryl methyl sites for hydroxylation is 1. The van der Waals surface area contributed by atoms with Crippen molar-refractivity contribution in [1.82, 2.24) is 0 Å². The molecule has 1 amide bonds. The largest absolute Gasteiger partial charge is 0.363 e. The third kappa shape index (κ3) is 1.90. The van der Waals surface area contributed by atoms with Gasteiger partial charge in [-0.2, -0.15) is 0 Å². The second-order valence-corrected chi connectivity index (χ2v) is 2.66. The van der Waals surface area contributed by atoms with E-state index in [0.29, 0.717) is 5.56 Å². The lowest BCUT2D eigenvalue weighted by Gasteiger charge is -1.99. The molecule has 0 aliphatic carbocycles. The van der Waals surface area contributed by atoms with Gasteiger partial charge >= 0.3 is 0 Å². The monoisotopic (exact) mass is 181 g/mol. The quantitative estimate of drug-likeness (QED) is 0.542. The molecule has 0 atom stereocenters. The van der Waals surface area contributed by atoms with Crippen LogP contribution in [0.25, 0.3) is 0 Å². The molecule has 0 aliphatic rings. The molecule has 2 N–H and O–H groups in total. The molecule has 68 valence electrons. The molecule has 0 spiro atoms. The minimum Gasteiger partial charge on any atom is -0.363 e. The number of hydrogen-bond donors (Lipinski definition) is 1. The average Bonchev–Trinajstić information content (AvgIpc) is 2.08. The Morgan fingerprint density at radius 1 is 1.38 bits per heavy atom. The number of amides is 1. The fourth-order valence-electron chi connectivity index (χ4n) is 0.928. The highest BCUT2D eigenvalue weighted by molar-refractivity contribution is 6.42. The Kier molecular flexibility index (Phi) is 2.41. The number of nitrogens with two attached hydrogens (primary N) is 1. The van der Waals surface area contributed by atoms with Crippen LogP contribution < -0.4 is 5.73 Å². The van der Waals surface area contributed by atoms with Crippen LogP contribution in [0, 0.1) is 12.7 Å². The van der Waals surface area contributed by atoms with E-state index in [0.717, 1.165) is 6.07 Å². The molecule has 1 rings (SSSR count). The van der Waals surface area contributed by atoms with Gasteiger partial charge in [0.2, 0.25) is 5.78 Å². The molecule has 0 unspecified atom stereocenters. The maximum absolute atomic E-state index is 12.7. The fourth-order valence-corrected chi connectivity index (χ4v) is 0.928. The fraction of sp³-hybridized carbons (Fsp3) is 0.111. The minimum atomic E-state index is -1.04. The van der Waals surface area contributed by atoms with Crippen molar-refractivity contribution in [2.45, 2.75) is 6.92 Å². The summed E-state index contributed by atoms with van der Waals surface area (Å²) < 4.78 is 12.7. The summed E-state index contributed by atoms with van der Waals surface area (Å²) in [7, 11) is 0. The van der Waals surface area contributed by atoms with Gasteiger partial charge in [0.05, 0.1) is 0 Å². The van der Waals surface area contributed by atoms with E-state index in [1.54, 1.807) is 0 Å². The molecule has 0 aliphatic heterocycles. The Balaban J connectivity index is 3.11. The minimum absolute atomic E-state index is 0.117. The Hall–Kier alpha value is -1.71. The summed E-state index contributed by atoms with van der Waals surface area (Å²) in [6, 6.07) is 3.66. The average molecular weight is 181 g/mol. The molecule has 0 heterocycles. The van der Waals surface area contributed by atoms with Crippen LogP contribution in [0.2, 0.25) is 0 Å². The standard InChI is InChI=1S/C9H8FNO2/c1-5-4-6(2-3-7(5)10)8(12)9(11)13/h2-4H,1H3,(H2,11,13). The van der Waals surface area contributed by atoms with Crippen LogP contribution in [0.5, 0.6) is 0 Å². The smallest absolute Gasteiger partial charge is 0.289 e. The van der Waals surface area contributed by atoms with E-state index in [4.69, 9.17) is 5.73 Å². The first-order chi connectivity index (χ1) is 6.02. The maximum Gasteiger partial charge on any atom is 0.289 e. The van der Waals surface area contributed by atoms with Gasteiger partial charge in [-0.25, -0.2) is 4.39 Å². The number of Topliss-reactive ketones (excluding diaryl/α,β-unsaturated/α-hetero) is 1. The molecule has 0 saturated carbocycles. The lowest BCUT2D eigenvalue weighted by molar-refractivity contribution is -0.114. The SMILES string of the molecule is Cc1cc(C(=O)C(N)=O)ccc1F. The molecular weight excluding hydrogens is 173 g/mol. The first-order valence-electron chi connectivity index (χ1n) is 3.62.